The topological polar surface area (TPSA) is 28.2 Å². The Kier molecular flexibility index (Phi) is 5.70. The van der Waals surface area contributed by atoms with Gasteiger partial charge in [-0.2, -0.15) is 0 Å². The van der Waals surface area contributed by atoms with Crippen LogP contribution in [-0.4, -0.2) is 18.1 Å². The molecule has 3 nitrogen and oxygen atoms in total. The number of nitrogens with zero attached hydrogens (tertiary/aromatic N) is 2. The van der Waals surface area contributed by atoms with Gasteiger partial charge >= 0.3 is 0 Å². The van der Waals surface area contributed by atoms with Crippen molar-refractivity contribution >= 4 is 22.2 Å². The van der Waals surface area contributed by atoms with Crippen LogP contribution in [0.5, 0.6) is 0 Å². The molecule has 0 amide bonds. The number of rotatable bonds is 7. The van der Waals surface area contributed by atoms with E-state index >= 15 is 0 Å². The molecule has 1 heterocycles. The maximum Gasteiger partial charge on any atom is 0.190 e. The summed E-state index contributed by atoms with van der Waals surface area (Å²) >= 11 is 1.61. The molecule has 0 fully saturated rings. The summed E-state index contributed by atoms with van der Waals surface area (Å²) in [5.74, 6) is -0.215. The zero-order valence-corrected chi connectivity index (χ0v) is 13.6. The van der Waals surface area contributed by atoms with E-state index in [4.69, 9.17) is 0 Å². The number of hydrogen-bond donors (Lipinski definition) is 1. The van der Waals surface area contributed by atoms with Crippen molar-refractivity contribution in [3.63, 3.8) is 0 Å². The van der Waals surface area contributed by atoms with E-state index in [0.717, 1.165) is 18.1 Å². The van der Waals surface area contributed by atoms with E-state index in [1.165, 1.54) is 10.9 Å². The second-order valence-corrected chi connectivity index (χ2v) is 5.96. The molecule has 114 valence electrons. The Morgan fingerprint density at radius 1 is 1.33 bits per heavy atom. The molecule has 0 saturated carbocycles. The number of nitrogens with one attached hydrogen (secondary N) is 1. The summed E-state index contributed by atoms with van der Waals surface area (Å²) in [6.07, 6.45) is 2.99. The van der Waals surface area contributed by atoms with E-state index in [-0.39, 0.29) is 11.9 Å². The first kappa shape index (κ1) is 15.9. The smallest absolute Gasteiger partial charge is 0.190 e. The Labute approximate surface area is 129 Å². The van der Waals surface area contributed by atoms with Gasteiger partial charge in [0.2, 0.25) is 0 Å². The Bertz CT molecular complexity index is 570. The number of aromatic nitrogens is 1. The molecule has 0 spiro atoms. The van der Waals surface area contributed by atoms with Gasteiger partial charge in [-0.05, 0) is 38.9 Å². The maximum absolute atomic E-state index is 14.0. The first-order valence-corrected chi connectivity index (χ1v) is 8.20. The third-order valence-electron chi connectivity index (χ3n) is 3.33. The number of para-hydroxylation sites is 1. The predicted molar refractivity (Wildman–Crippen MR) is 87.9 cm³/mol. The second-order valence-electron chi connectivity index (χ2n) is 4.92. The third-order valence-corrected chi connectivity index (χ3v) is 4.53. The van der Waals surface area contributed by atoms with Gasteiger partial charge in [-0.1, -0.05) is 30.4 Å². The lowest BCUT2D eigenvalue weighted by Crippen LogP contribution is -2.18. The van der Waals surface area contributed by atoms with Crippen molar-refractivity contribution in [3.8, 4) is 0 Å². The van der Waals surface area contributed by atoms with Crippen LogP contribution < -0.4 is 10.2 Å². The highest BCUT2D eigenvalue weighted by atomic mass is 32.1. The van der Waals surface area contributed by atoms with Gasteiger partial charge in [0.1, 0.15) is 5.82 Å². The average Bonchev–Trinajstić information content (AvgIpc) is 2.97. The van der Waals surface area contributed by atoms with Crippen LogP contribution in [-0.2, 0) is 0 Å². The van der Waals surface area contributed by atoms with Crippen molar-refractivity contribution in [2.45, 2.75) is 33.2 Å². The lowest BCUT2D eigenvalue weighted by atomic mass is 10.3. The predicted octanol–water partition coefficient (Wildman–Crippen LogP) is 4.50. The summed E-state index contributed by atoms with van der Waals surface area (Å²) in [4.78, 5) is 7.56. The SMILES string of the molecule is CCCNC(C)c1cnc(N(CC)c2ccccc2F)s1. The summed E-state index contributed by atoms with van der Waals surface area (Å²) in [5.41, 5.74) is 0.579. The number of thiazole rings is 1. The molecule has 0 radical (unpaired) electrons. The van der Waals surface area contributed by atoms with Gasteiger partial charge < -0.3 is 10.2 Å². The van der Waals surface area contributed by atoms with Gasteiger partial charge in [0.05, 0.1) is 5.69 Å². The van der Waals surface area contributed by atoms with E-state index in [0.29, 0.717) is 12.2 Å². The van der Waals surface area contributed by atoms with Crippen molar-refractivity contribution in [1.82, 2.24) is 10.3 Å². The molecule has 1 N–H and O–H groups in total. The number of benzene rings is 1. The summed E-state index contributed by atoms with van der Waals surface area (Å²) in [6, 6.07) is 7.10. The molecular formula is C16H22FN3S. The zero-order valence-electron chi connectivity index (χ0n) is 12.8. The normalized spacial score (nSPS) is 12.4. The summed E-state index contributed by atoms with van der Waals surface area (Å²) in [5, 5.41) is 4.28. The average molecular weight is 307 g/mol. The molecule has 1 atom stereocenters. The first-order chi connectivity index (χ1) is 10.2. The molecule has 0 aliphatic rings. The molecule has 0 saturated heterocycles. The molecule has 1 aromatic heterocycles. The number of anilines is 2. The molecule has 0 aliphatic carbocycles. The Morgan fingerprint density at radius 2 is 2.10 bits per heavy atom. The number of halogens is 1. The largest absolute Gasteiger partial charge is 0.315 e. The molecule has 0 bridgehead atoms. The van der Waals surface area contributed by atoms with Gasteiger partial charge in [0.15, 0.2) is 5.13 Å². The molecule has 21 heavy (non-hydrogen) atoms. The van der Waals surface area contributed by atoms with Crippen LogP contribution in [0.3, 0.4) is 0 Å². The van der Waals surface area contributed by atoms with Crippen molar-refractivity contribution < 1.29 is 4.39 Å². The van der Waals surface area contributed by atoms with Crippen LogP contribution in [0.2, 0.25) is 0 Å². The fraction of sp³-hybridized carbons (Fsp3) is 0.438. The van der Waals surface area contributed by atoms with Crippen LogP contribution in [0.1, 0.15) is 38.1 Å². The number of hydrogen-bond acceptors (Lipinski definition) is 4. The van der Waals surface area contributed by atoms with Gasteiger partial charge in [0.25, 0.3) is 0 Å². The van der Waals surface area contributed by atoms with Gasteiger partial charge in [0, 0.05) is 23.7 Å². The van der Waals surface area contributed by atoms with E-state index in [9.17, 15) is 4.39 Å². The van der Waals surface area contributed by atoms with Crippen molar-refractivity contribution in [2.24, 2.45) is 0 Å². The van der Waals surface area contributed by atoms with E-state index in [1.807, 2.05) is 24.1 Å². The standard InChI is InChI=1S/C16H22FN3S/c1-4-10-18-12(3)15-11-19-16(21-15)20(5-2)14-9-7-6-8-13(14)17/h6-9,11-12,18H,4-5,10H2,1-3H3. The van der Waals surface area contributed by atoms with Gasteiger partial charge in [-0.3, -0.25) is 0 Å². The highest BCUT2D eigenvalue weighted by molar-refractivity contribution is 7.15. The molecule has 2 aromatic rings. The minimum absolute atomic E-state index is 0.215. The molecule has 5 heteroatoms. The summed E-state index contributed by atoms with van der Waals surface area (Å²) in [7, 11) is 0. The highest BCUT2D eigenvalue weighted by Gasteiger charge is 2.16. The fourth-order valence-electron chi connectivity index (χ4n) is 2.14. The van der Waals surface area contributed by atoms with E-state index < -0.39 is 0 Å². The Balaban J connectivity index is 2.20. The van der Waals surface area contributed by atoms with E-state index in [1.54, 1.807) is 23.5 Å². The van der Waals surface area contributed by atoms with E-state index in [2.05, 4.69) is 24.1 Å². The molecule has 1 aromatic carbocycles. The van der Waals surface area contributed by atoms with Crippen LogP contribution in [0, 0.1) is 5.82 Å². The molecule has 2 rings (SSSR count). The van der Waals surface area contributed by atoms with Crippen LogP contribution in [0.4, 0.5) is 15.2 Å². The maximum atomic E-state index is 14.0. The Hall–Kier alpha value is -1.46. The van der Waals surface area contributed by atoms with Crippen molar-refractivity contribution in [2.75, 3.05) is 18.0 Å². The Morgan fingerprint density at radius 3 is 2.76 bits per heavy atom. The van der Waals surface area contributed by atoms with Crippen LogP contribution >= 0.6 is 11.3 Å². The minimum atomic E-state index is -0.215. The zero-order chi connectivity index (χ0) is 15.2. The van der Waals surface area contributed by atoms with Gasteiger partial charge in [-0.25, -0.2) is 9.37 Å². The third kappa shape index (κ3) is 3.80. The second kappa shape index (κ2) is 7.52. The minimum Gasteiger partial charge on any atom is -0.315 e. The lowest BCUT2D eigenvalue weighted by Gasteiger charge is -2.20. The first-order valence-electron chi connectivity index (χ1n) is 7.38. The highest BCUT2D eigenvalue weighted by Crippen LogP contribution is 2.33. The van der Waals surface area contributed by atoms with Crippen molar-refractivity contribution in [1.29, 1.82) is 0 Å². The lowest BCUT2D eigenvalue weighted by molar-refractivity contribution is 0.577. The molecule has 0 aliphatic heterocycles. The molecular weight excluding hydrogens is 285 g/mol. The summed E-state index contributed by atoms with van der Waals surface area (Å²) in [6.45, 7) is 7.96. The fourth-order valence-corrected chi connectivity index (χ4v) is 3.16. The summed E-state index contributed by atoms with van der Waals surface area (Å²) < 4.78 is 14.0. The van der Waals surface area contributed by atoms with Crippen LogP contribution in [0.25, 0.3) is 0 Å². The van der Waals surface area contributed by atoms with Gasteiger partial charge in [-0.15, -0.1) is 0 Å². The monoisotopic (exact) mass is 307 g/mol. The quantitative estimate of drug-likeness (QED) is 0.816. The van der Waals surface area contributed by atoms with Crippen molar-refractivity contribution in [3.05, 3.63) is 41.2 Å². The van der Waals surface area contributed by atoms with Crippen LogP contribution in [0.15, 0.2) is 30.5 Å². The molecule has 1 unspecified atom stereocenters.